The van der Waals surface area contributed by atoms with Crippen molar-refractivity contribution in [3.63, 3.8) is 0 Å². The Hall–Kier alpha value is -2.08. The van der Waals surface area contributed by atoms with Gasteiger partial charge in [0.05, 0.1) is 6.42 Å². The third-order valence-corrected chi connectivity index (χ3v) is 2.29. The van der Waals surface area contributed by atoms with Crippen molar-refractivity contribution in [2.45, 2.75) is 6.42 Å². The number of carbonyl (C=O) groups excluding carboxylic acids is 1. The zero-order valence-corrected chi connectivity index (χ0v) is 9.44. The van der Waals surface area contributed by atoms with E-state index < -0.39 is 0 Å². The Kier molecular flexibility index (Phi) is 3.24. The molecule has 0 aliphatic heterocycles. The highest BCUT2D eigenvalue weighted by molar-refractivity contribution is 6.30. The van der Waals surface area contributed by atoms with Gasteiger partial charge in [0, 0.05) is 10.7 Å². The summed E-state index contributed by atoms with van der Waals surface area (Å²) in [5.74, 6) is -0.133. The lowest BCUT2D eigenvalue weighted by Gasteiger charge is -2.03. The Labute approximate surface area is 102 Å². The minimum absolute atomic E-state index is 0.0119. The first-order chi connectivity index (χ1) is 8.15. The number of amides is 1. The molecule has 1 aromatic heterocycles. The van der Waals surface area contributed by atoms with E-state index >= 15 is 0 Å². The molecule has 0 atom stereocenters. The maximum absolute atomic E-state index is 11.6. The molecule has 1 amide bonds. The van der Waals surface area contributed by atoms with Crippen molar-refractivity contribution in [1.82, 2.24) is 10.3 Å². The summed E-state index contributed by atoms with van der Waals surface area (Å²) in [6.07, 6.45) is 0.0119. The molecule has 0 saturated heterocycles. The van der Waals surface area contributed by atoms with Crippen LogP contribution in [0.2, 0.25) is 5.02 Å². The van der Waals surface area contributed by atoms with Crippen molar-refractivity contribution >= 4 is 29.0 Å². The summed E-state index contributed by atoms with van der Waals surface area (Å²) < 4.78 is 4.39. The van der Waals surface area contributed by atoms with Gasteiger partial charge in [0.2, 0.25) is 5.91 Å². The fraction of sp³-hybridized carbons (Fsp3) is 0.100. The van der Waals surface area contributed by atoms with Crippen LogP contribution in [-0.4, -0.2) is 16.2 Å². The van der Waals surface area contributed by atoms with Gasteiger partial charge in [-0.05, 0) is 29.4 Å². The summed E-state index contributed by atoms with van der Waals surface area (Å²) in [5, 5.41) is 10.2. The van der Waals surface area contributed by atoms with Crippen LogP contribution in [-0.2, 0) is 11.2 Å². The predicted octanol–water partition coefficient (Wildman–Crippen LogP) is 1.49. The van der Waals surface area contributed by atoms with Crippen LogP contribution in [0.15, 0.2) is 28.9 Å². The molecular weight excluding hydrogens is 244 g/mol. The van der Waals surface area contributed by atoms with E-state index in [4.69, 9.17) is 17.3 Å². The number of nitrogens with two attached hydrogens (primary N) is 1. The Bertz CT molecular complexity index is 523. The van der Waals surface area contributed by atoms with E-state index in [0.717, 1.165) is 0 Å². The molecule has 3 N–H and O–H groups in total. The molecule has 0 aliphatic rings. The molecule has 88 valence electrons. The van der Waals surface area contributed by atoms with Gasteiger partial charge < -0.3 is 11.1 Å². The maximum Gasteiger partial charge on any atom is 0.230 e. The Morgan fingerprint density at radius 3 is 2.65 bits per heavy atom. The fourth-order valence-corrected chi connectivity index (χ4v) is 1.35. The van der Waals surface area contributed by atoms with Gasteiger partial charge in [-0.15, -0.1) is 0 Å². The van der Waals surface area contributed by atoms with Crippen molar-refractivity contribution in [3.8, 4) is 0 Å². The maximum atomic E-state index is 11.6. The summed E-state index contributed by atoms with van der Waals surface area (Å²) in [5.41, 5.74) is 6.40. The smallest absolute Gasteiger partial charge is 0.230 e. The second-order valence-electron chi connectivity index (χ2n) is 3.33. The minimum atomic E-state index is -0.255. The van der Waals surface area contributed by atoms with Crippen LogP contribution in [0.5, 0.6) is 0 Å². The van der Waals surface area contributed by atoms with Crippen molar-refractivity contribution in [2.75, 3.05) is 11.1 Å². The van der Waals surface area contributed by atoms with E-state index in [1.165, 1.54) is 0 Å². The molecule has 0 radical (unpaired) electrons. The number of anilines is 2. The SMILES string of the molecule is Nc1nonc1CC(=O)Nc1ccc(Cl)cc1. The lowest BCUT2D eigenvalue weighted by molar-refractivity contribution is -0.115. The van der Waals surface area contributed by atoms with Gasteiger partial charge >= 0.3 is 0 Å². The Balaban J connectivity index is 1.98. The number of halogens is 1. The molecule has 7 heteroatoms. The summed E-state index contributed by atoms with van der Waals surface area (Å²) in [7, 11) is 0. The quantitative estimate of drug-likeness (QED) is 0.863. The minimum Gasteiger partial charge on any atom is -0.379 e. The third-order valence-electron chi connectivity index (χ3n) is 2.04. The molecule has 0 saturated carbocycles. The molecule has 0 spiro atoms. The average Bonchev–Trinajstić information content (AvgIpc) is 2.68. The van der Waals surface area contributed by atoms with Crippen molar-refractivity contribution < 1.29 is 9.42 Å². The van der Waals surface area contributed by atoms with Gasteiger partial charge in [-0.25, -0.2) is 4.63 Å². The first-order valence-electron chi connectivity index (χ1n) is 4.77. The van der Waals surface area contributed by atoms with Crippen LogP contribution in [0.4, 0.5) is 11.5 Å². The standard InChI is InChI=1S/C10H9ClN4O2/c11-6-1-3-7(4-2-6)13-9(16)5-8-10(12)15-17-14-8/h1-4H,5H2,(H2,12,15)(H,13,16). The zero-order chi connectivity index (χ0) is 12.3. The number of nitrogens with one attached hydrogen (secondary N) is 1. The van der Waals surface area contributed by atoms with Gasteiger partial charge in [0.25, 0.3) is 0 Å². The van der Waals surface area contributed by atoms with Gasteiger partial charge in [0.1, 0.15) is 5.69 Å². The molecule has 0 aliphatic carbocycles. The highest BCUT2D eigenvalue weighted by Crippen LogP contribution is 2.14. The van der Waals surface area contributed by atoms with E-state index in [-0.39, 0.29) is 18.1 Å². The van der Waals surface area contributed by atoms with E-state index in [0.29, 0.717) is 16.4 Å². The number of nitrogens with zero attached hydrogens (tertiary/aromatic N) is 2. The lowest BCUT2D eigenvalue weighted by atomic mass is 10.2. The van der Waals surface area contributed by atoms with Crippen LogP contribution in [0.25, 0.3) is 0 Å². The molecule has 2 aromatic rings. The second kappa shape index (κ2) is 4.84. The number of benzene rings is 1. The summed E-state index contributed by atoms with van der Waals surface area (Å²) >= 11 is 5.72. The molecule has 17 heavy (non-hydrogen) atoms. The van der Waals surface area contributed by atoms with Crippen molar-refractivity contribution in [1.29, 1.82) is 0 Å². The van der Waals surface area contributed by atoms with Crippen molar-refractivity contribution in [3.05, 3.63) is 35.0 Å². The number of carbonyl (C=O) groups is 1. The van der Waals surface area contributed by atoms with Gasteiger partial charge in [-0.2, -0.15) is 0 Å². The van der Waals surface area contributed by atoms with Gasteiger partial charge in [0.15, 0.2) is 5.82 Å². The predicted molar refractivity (Wildman–Crippen MR) is 62.5 cm³/mol. The summed E-state index contributed by atoms with van der Waals surface area (Å²) in [4.78, 5) is 11.6. The average molecular weight is 253 g/mol. The highest BCUT2D eigenvalue weighted by Gasteiger charge is 2.11. The number of rotatable bonds is 3. The van der Waals surface area contributed by atoms with Crippen LogP contribution in [0.3, 0.4) is 0 Å². The molecule has 0 unspecified atom stereocenters. The monoisotopic (exact) mass is 252 g/mol. The van der Waals surface area contributed by atoms with Gasteiger partial charge in [-0.3, -0.25) is 4.79 Å². The first kappa shape index (κ1) is 11.4. The molecule has 6 nitrogen and oxygen atoms in total. The Morgan fingerprint density at radius 2 is 2.06 bits per heavy atom. The van der Waals surface area contributed by atoms with Crippen molar-refractivity contribution in [2.24, 2.45) is 0 Å². The van der Waals surface area contributed by atoms with Crippen LogP contribution < -0.4 is 11.1 Å². The zero-order valence-electron chi connectivity index (χ0n) is 8.68. The first-order valence-corrected chi connectivity index (χ1v) is 5.15. The topological polar surface area (TPSA) is 94.0 Å². The summed E-state index contributed by atoms with van der Waals surface area (Å²) in [6, 6.07) is 6.77. The second-order valence-corrected chi connectivity index (χ2v) is 3.76. The van der Waals surface area contributed by atoms with E-state index in [1.54, 1.807) is 24.3 Å². The normalized spacial score (nSPS) is 10.2. The van der Waals surface area contributed by atoms with Crippen LogP contribution >= 0.6 is 11.6 Å². The van der Waals surface area contributed by atoms with Crippen LogP contribution in [0.1, 0.15) is 5.69 Å². The fourth-order valence-electron chi connectivity index (χ4n) is 1.23. The largest absolute Gasteiger partial charge is 0.379 e. The number of aromatic nitrogens is 2. The van der Waals surface area contributed by atoms with E-state index in [2.05, 4.69) is 20.3 Å². The molecular formula is C10H9ClN4O2. The number of hydrogen-bond donors (Lipinski definition) is 2. The van der Waals surface area contributed by atoms with E-state index in [9.17, 15) is 4.79 Å². The molecule has 2 rings (SSSR count). The number of nitrogen functional groups attached to an aromatic ring is 1. The molecule has 1 heterocycles. The summed E-state index contributed by atoms with van der Waals surface area (Å²) in [6.45, 7) is 0. The third kappa shape index (κ3) is 2.94. The molecule has 0 fully saturated rings. The highest BCUT2D eigenvalue weighted by atomic mass is 35.5. The van der Waals surface area contributed by atoms with Crippen LogP contribution in [0, 0.1) is 0 Å². The Morgan fingerprint density at radius 1 is 1.35 bits per heavy atom. The molecule has 0 bridgehead atoms. The molecule has 1 aromatic carbocycles. The van der Waals surface area contributed by atoms with E-state index in [1.807, 2.05) is 0 Å². The number of hydrogen-bond acceptors (Lipinski definition) is 5. The van der Waals surface area contributed by atoms with Gasteiger partial charge in [-0.1, -0.05) is 16.8 Å². The lowest BCUT2D eigenvalue weighted by Crippen LogP contribution is -2.15.